The van der Waals surface area contributed by atoms with Crippen molar-refractivity contribution in [3.8, 4) is 6.07 Å². The standard InChI is InChI=1S/C19H23N5O2/c20-13-15-3-1-7-21-17(15)22-9-11-23(12-10-22)19(26)16-4-2-8-24(16)18(25)14-5-6-14/h1,3,7,14,16H,2,4-6,8-12H2/t16-/m0/s1. The van der Waals surface area contributed by atoms with Crippen LogP contribution in [0.25, 0.3) is 0 Å². The molecule has 7 heteroatoms. The van der Waals surface area contributed by atoms with E-state index >= 15 is 0 Å². The summed E-state index contributed by atoms with van der Waals surface area (Å²) in [5, 5.41) is 9.25. The Bertz CT molecular complexity index is 747. The van der Waals surface area contributed by atoms with E-state index in [1.807, 2.05) is 9.80 Å². The number of pyridine rings is 1. The Morgan fingerprint density at radius 3 is 2.54 bits per heavy atom. The fourth-order valence-corrected chi connectivity index (χ4v) is 3.94. The summed E-state index contributed by atoms with van der Waals surface area (Å²) in [4.78, 5) is 35.5. The fourth-order valence-electron chi connectivity index (χ4n) is 3.94. The first-order chi connectivity index (χ1) is 12.7. The van der Waals surface area contributed by atoms with Crippen molar-refractivity contribution in [2.75, 3.05) is 37.6 Å². The maximum atomic E-state index is 13.0. The van der Waals surface area contributed by atoms with Crippen LogP contribution in [0.1, 0.15) is 31.2 Å². The average Bonchev–Trinajstić information content (AvgIpc) is 3.43. The number of nitriles is 1. The Labute approximate surface area is 153 Å². The summed E-state index contributed by atoms with van der Waals surface area (Å²) in [5.41, 5.74) is 0.560. The first-order valence-corrected chi connectivity index (χ1v) is 9.38. The molecule has 0 spiro atoms. The van der Waals surface area contributed by atoms with Gasteiger partial charge in [-0.1, -0.05) is 0 Å². The second-order valence-electron chi connectivity index (χ2n) is 7.26. The molecule has 4 rings (SSSR count). The summed E-state index contributed by atoms with van der Waals surface area (Å²) in [6, 6.07) is 5.42. The lowest BCUT2D eigenvalue weighted by molar-refractivity contribution is -0.144. The predicted molar refractivity (Wildman–Crippen MR) is 95.2 cm³/mol. The molecule has 0 bridgehead atoms. The number of likely N-dealkylation sites (tertiary alicyclic amines) is 1. The van der Waals surface area contributed by atoms with Gasteiger partial charge >= 0.3 is 0 Å². The second kappa shape index (κ2) is 6.94. The normalized spacial score (nSPS) is 23.0. The zero-order valence-corrected chi connectivity index (χ0v) is 14.8. The molecular weight excluding hydrogens is 330 g/mol. The maximum absolute atomic E-state index is 13.0. The number of hydrogen-bond donors (Lipinski definition) is 0. The Morgan fingerprint density at radius 1 is 1.08 bits per heavy atom. The van der Waals surface area contributed by atoms with Gasteiger partial charge in [-0.25, -0.2) is 4.98 Å². The minimum absolute atomic E-state index is 0.0812. The molecule has 3 fully saturated rings. The van der Waals surface area contributed by atoms with Crippen molar-refractivity contribution in [1.82, 2.24) is 14.8 Å². The smallest absolute Gasteiger partial charge is 0.245 e. The monoisotopic (exact) mass is 353 g/mol. The van der Waals surface area contributed by atoms with Crippen LogP contribution < -0.4 is 4.90 Å². The lowest BCUT2D eigenvalue weighted by Gasteiger charge is -2.38. The Kier molecular flexibility index (Phi) is 4.49. The second-order valence-corrected chi connectivity index (χ2v) is 7.26. The molecule has 1 aromatic heterocycles. The van der Waals surface area contributed by atoms with E-state index < -0.39 is 0 Å². The van der Waals surface area contributed by atoms with E-state index in [2.05, 4.69) is 16.0 Å². The quantitative estimate of drug-likeness (QED) is 0.810. The van der Waals surface area contributed by atoms with Crippen molar-refractivity contribution in [3.63, 3.8) is 0 Å². The number of carbonyl (C=O) groups is 2. The summed E-state index contributed by atoms with van der Waals surface area (Å²) >= 11 is 0. The van der Waals surface area contributed by atoms with Gasteiger partial charge in [0.2, 0.25) is 11.8 Å². The van der Waals surface area contributed by atoms with Gasteiger partial charge in [0, 0.05) is 44.8 Å². The first kappa shape index (κ1) is 16.8. The van der Waals surface area contributed by atoms with Crippen LogP contribution in [0.4, 0.5) is 5.82 Å². The molecule has 1 atom stereocenters. The van der Waals surface area contributed by atoms with E-state index in [9.17, 15) is 14.9 Å². The number of nitrogens with zero attached hydrogens (tertiary/aromatic N) is 5. The van der Waals surface area contributed by atoms with Crippen molar-refractivity contribution >= 4 is 17.6 Å². The highest BCUT2D eigenvalue weighted by atomic mass is 16.2. The van der Waals surface area contributed by atoms with Crippen LogP contribution in [0.2, 0.25) is 0 Å². The third-order valence-corrected chi connectivity index (χ3v) is 5.55. The van der Waals surface area contributed by atoms with E-state index in [-0.39, 0.29) is 23.8 Å². The van der Waals surface area contributed by atoms with E-state index in [4.69, 9.17) is 0 Å². The lowest BCUT2D eigenvalue weighted by atomic mass is 10.1. The molecule has 0 aromatic carbocycles. The molecule has 7 nitrogen and oxygen atoms in total. The molecule has 2 aliphatic heterocycles. The van der Waals surface area contributed by atoms with E-state index in [1.54, 1.807) is 18.3 Å². The molecule has 3 heterocycles. The Morgan fingerprint density at radius 2 is 1.85 bits per heavy atom. The highest BCUT2D eigenvalue weighted by molar-refractivity contribution is 5.90. The van der Waals surface area contributed by atoms with Crippen molar-refractivity contribution in [3.05, 3.63) is 23.9 Å². The van der Waals surface area contributed by atoms with Crippen LogP contribution >= 0.6 is 0 Å². The third-order valence-electron chi connectivity index (χ3n) is 5.55. The molecule has 0 unspecified atom stereocenters. The third kappa shape index (κ3) is 3.12. The number of amides is 2. The number of piperazine rings is 1. The molecule has 0 radical (unpaired) electrons. The topological polar surface area (TPSA) is 80.5 Å². The van der Waals surface area contributed by atoms with Gasteiger partial charge in [-0.2, -0.15) is 5.26 Å². The summed E-state index contributed by atoms with van der Waals surface area (Å²) < 4.78 is 0. The zero-order valence-electron chi connectivity index (χ0n) is 14.8. The summed E-state index contributed by atoms with van der Waals surface area (Å²) in [6.07, 6.45) is 5.32. The molecular formula is C19H23N5O2. The molecule has 26 heavy (non-hydrogen) atoms. The molecule has 3 aliphatic rings. The average molecular weight is 353 g/mol. The van der Waals surface area contributed by atoms with Crippen LogP contribution in [0.3, 0.4) is 0 Å². The van der Waals surface area contributed by atoms with Gasteiger partial charge in [0.1, 0.15) is 17.9 Å². The van der Waals surface area contributed by atoms with Gasteiger partial charge in [-0.05, 0) is 37.8 Å². The molecule has 2 amide bonds. The van der Waals surface area contributed by atoms with Crippen molar-refractivity contribution in [1.29, 1.82) is 5.26 Å². The van der Waals surface area contributed by atoms with Crippen LogP contribution in [-0.4, -0.2) is 65.4 Å². The van der Waals surface area contributed by atoms with Crippen LogP contribution in [0.5, 0.6) is 0 Å². The molecule has 1 saturated carbocycles. The number of carbonyl (C=O) groups excluding carboxylic acids is 2. The Hall–Kier alpha value is -2.62. The van der Waals surface area contributed by atoms with Crippen LogP contribution in [-0.2, 0) is 9.59 Å². The summed E-state index contributed by atoms with van der Waals surface area (Å²) in [5.74, 6) is 1.10. The van der Waals surface area contributed by atoms with Crippen LogP contribution in [0, 0.1) is 17.2 Å². The van der Waals surface area contributed by atoms with Crippen molar-refractivity contribution in [2.45, 2.75) is 31.7 Å². The van der Waals surface area contributed by atoms with Gasteiger partial charge in [0.05, 0.1) is 5.56 Å². The van der Waals surface area contributed by atoms with Crippen LogP contribution in [0.15, 0.2) is 18.3 Å². The highest BCUT2D eigenvalue weighted by Gasteiger charge is 2.42. The van der Waals surface area contributed by atoms with Gasteiger partial charge in [-0.3, -0.25) is 9.59 Å². The zero-order chi connectivity index (χ0) is 18.1. The molecule has 2 saturated heterocycles. The number of aromatic nitrogens is 1. The highest BCUT2D eigenvalue weighted by Crippen LogP contribution is 2.34. The van der Waals surface area contributed by atoms with Gasteiger partial charge in [0.25, 0.3) is 0 Å². The largest absolute Gasteiger partial charge is 0.352 e. The van der Waals surface area contributed by atoms with E-state index in [1.165, 1.54) is 0 Å². The number of anilines is 1. The SMILES string of the molecule is N#Cc1cccnc1N1CCN(C(=O)[C@@H]2CCCN2C(=O)C2CC2)CC1. The van der Waals surface area contributed by atoms with E-state index in [0.29, 0.717) is 44.1 Å². The van der Waals surface area contributed by atoms with Gasteiger partial charge in [0.15, 0.2) is 0 Å². The van der Waals surface area contributed by atoms with E-state index in [0.717, 1.165) is 25.7 Å². The van der Waals surface area contributed by atoms with Crippen molar-refractivity contribution in [2.24, 2.45) is 5.92 Å². The predicted octanol–water partition coefficient (Wildman–Crippen LogP) is 1.00. The molecule has 0 N–H and O–H groups in total. The van der Waals surface area contributed by atoms with Gasteiger partial charge in [-0.15, -0.1) is 0 Å². The maximum Gasteiger partial charge on any atom is 0.245 e. The van der Waals surface area contributed by atoms with Gasteiger partial charge < -0.3 is 14.7 Å². The molecule has 136 valence electrons. The molecule has 1 aromatic rings. The first-order valence-electron chi connectivity index (χ1n) is 9.38. The minimum atomic E-state index is -0.279. The summed E-state index contributed by atoms with van der Waals surface area (Å²) in [7, 11) is 0. The number of rotatable bonds is 3. The fraction of sp³-hybridized carbons (Fsp3) is 0.579. The summed E-state index contributed by atoms with van der Waals surface area (Å²) in [6.45, 7) is 3.22. The molecule has 1 aliphatic carbocycles. The number of hydrogen-bond acceptors (Lipinski definition) is 5. The minimum Gasteiger partial charge on any atom is -0.352 e. The Balaban J connectivity index is 1.39. The van der Waals surface area contributed by atoms with Crippen molar-refractivity contribution < 1.29 is 9.59 Å². The lowest BCUT2D eigenvalue weighted by Crippen LogP contribution is -2.54.